The van der Waals surface area contributed by atoms with Gasteiger partial charge in [-0.15, -0.1) is 11.6 Å². The molecule has 3 aliphatic heterocycles. The van der Waals surface area contributed by atoms with Crippen LogP contribution in [0, 0.1) is 17.8 Å². The highest BCUT2D eigenvalue weighted by Crippen LogP contribution is 2.37. The maximum Gasteiger partial charge on any atom is 0.0739 e. The number of fused-ring (bicyclic) bond motifs is 1. The number of alkyl halides is 1. The van der Waals surface area contributed by atoms with Crippen LogP contribution in [0.1, 0.15) is 38.5 Å². The predicted octanol–water partition coefficient (Wildman–Crippen LogP) is 1.19. The number of ether oxygens (including phenoxy) is 1. The van der Waals surface area contributed by atoms with E-state index in [4.69, 9.17) is 16.3 Å². The molecule has 0 amide bonds. The van der Waals surface area contributed by atoms with E-state index in [9.17, 15) is 0 Å². The van der Waals surface area contributed by atoms with Crippen molar-refractivity contribution in [2.24, 2.45) is 17.8 Å². The summed E-state index contributed by atoms with van der Waals surface area (Å²) in [6, 6.07) is 1.09. The van der Waals surface area contributed by atoms with Crippen molar-refractivity contribution in [1.29, 1.82) is 0 Å². The van der Waals surface area contributed by atoms with Gasteiger partial charge in [0.2, 0.25) is 0 Å². The second-order valence-electron chi connectivity index (χ2n) is 7.85. The molecule has 3 saturated heterocycles. The van der Waals surface area contributed by atoms with Gasteiger partial charge in [-0.1, -0.05) is 0 Å². The number of hydrogen-bond donors (Lipinski definition) is 4. The Morgan fingerprint density at radius 3 is 2.61 bits per heavy atom. The summed E-state index contributed by atoms with van der Waals surface area (Å²) in [6.45, 7) is 4.04. The molecule has 4 unspecified atom stereocenters. The van der Waals surface area contributed by atoms with Gasteiger partial charge in [0.05, 0.1) is 12.8 Å². The van der Waals surface area contributed by atoms with Gasteiger partial charge in [0.15, 0.2) is 0 Å². The van der Waals surface area contributed by atoms with Crippen LogP contribution >= 0.6 is 11.6 Å². The van der Waals surface area contributed by atoms with Crippen LogP contribution in [0.25, 0.3) is 0 Å². The van der Waals surface area contributed by atoms with Crippen molar-refractivity contribution < 1.29 is 4.74 Å². The highest BCUT2D eigenvalue weighted by Gasteiger charge is 2.44. The Morgan fingerprint density at radius 1 is 0.957 bits per heavy atom. The number of rotatable bonds is 3. The van der Waals surface area contributed by atoms with Crippen molar-refractivity contribution in [2.75, 3.05) is 26.3 Å². The Bertz CT molecular complexity index is 385. The number of nitrogens with one attached hydrogen (secondary N) is 4. The standard InChI is InChI=1S/C17H31ClN4O/c18-12-3-1-11(2-4-12)16-15-9-19-7-5-14(15)17(22-21-16)20-13-6-8-23-10-13/h11-17,19-22H,1-10H2/t11?,12?,13-,14?,15?,16?,17?/m1/s1. The summed E-state index contributed by atoms with van der Waals surface area (Å²) in [5.41, 5.74) is 7.32. The number of halogens is 1. The van der Waals surface area contributed by atoms with Crippen LogP contribution in [0.2, 0.25) is 0 Å². The molecule has 5 nitrogen and oxygen atoms in total. The minimum atomic E-state index is 0.370. The van der Waals surface area contributed by atoms with E-state index < -0.39 is 0 Å². The highest BCUT2D eigenvalue weighted by molar-refractivity contribution is 6.20. The second-order valence-corrected chi connectivity index (χ2v) is 8.47. The fourth-order valence-electron chi connectivity index (χ4n) is 5.10. The Morgan fingerprint density at radius 2 is 1.83 bits per heavy atom. The Balaban J connectivity index is 1.41. The molecule has 0 aromatic rings. The Labute approximate surface area is 144 Å². The average Bonchev–Trinajstić information content (AvgIpc) is 3.09. The monoisotopic (exact) mass is 342 g/mol. The lowest BCUT2D eigenvalue weighted by Crippen LogP contribution is -2.70. The summed E-state index contributed by atoms with van der Waals surface area (Å²) in [6.07, 6.45) is 7.65. The first kappa shape index (κ1) is 16.6. The van der Waals surface area contributed by atoms with Gasteiger partial charge in [-0.05, 0) is 69.4 Å². The van der Waals surface area contributed by atoms with Gasteiger partial charge in [-0.3, -0.25) is 10.7 Å². The molecular weight excluding hydrogens is 312 g/mol. The summed E-state index contributed by atoms with van der Waals surface area (Å²) in [4.78, 5) is 0. The zero-order chi connectivity index (χ0) is 15.6. The van der Waals surface area contributed by atoms with E-state index in [1.165, 1.54) is 32.1 Å². The summed E-state index contributed by atoms with van der Waals surface area (Å²) in [5.74, 6) is 2.18. The first-order chi connectivity index (χ1) is 11.3. The van der Waals surface area contributed by atoms with E-state index in [1.54, 1.807) is 0 Å². The topological polar surface area (TPSA) is 57.3 Å². The Kier molecular flexibility index (Phi) is 5.43. The largest absolute Gasteiger partial charge is 0.380 e. The van der Waals surface area contributed by atoms with Crippen molar-refractivity contribution in [1.82, 2.24) is 21.5 Å². The average molecular weight is 343 g/mol. The molecule has 3 heterocycles. The molecule has 4 aliphatic rings. The van der Waals surface area contributed by atoms with Crippen LogP contribution in [-0.4, -0.2) is 49.9 Å². The van der Waals surface area contributed by atoms with Gasteiger partial charge in [-0.2, -0.15) is 0 Å². The van der Waals surface area contributed by atoms with E-state index in [0.717, 1.165) is 38.6 Å². The Hall–Kier alpha value is 0.0900. The first-order valence-corrected chi connectivity index (χ1v) is 9.94. The number of hydrazine groups is 1. The van der Waals surface area contributed by atoms with Crippen molar-refractivity contribution >= 4 is 11.6 Å². The SMILES string of the molecule is ClC1CCC(C2NNC(N[C@@H]3CCOC3)C3CCNCC32)CC1. The molecule has 0 spiro atoms. The molecule has 5 atom stereocenters. The molecule has 4 rings (SSSR count). The molecule has 6 heteroatoms. The number of hydrogen-bond acceptors (Lipinski definition) is 5. The lowest BCUT2D eigenvalue weighted by molar-refractivity contribution is 0.0280. The zero-order valence-corrected chi connectivity index (χ0v) is 14.7. The van der Waals surface area contributed by atoms with Crippen LogP contribution in [0.3, 0.4) is 0 Å². The normalized spacial score (nSPS) is 48.1. The molecular formula is C17H31ClN4O. The van der Waals surface area contributed by atoms with Crippen LogP contribution in [-0.2, 0) is 4.74 Å². The van der Waals surface area contributed by atoms with Gasteiger partial charge in [0.1, 0.15) is 0 Å². The van der Waals surface area contributed by atoms with Gasteiger partial charge in [0.25, 0.3) is 0 Å². The predicted molar refractivity (Wildman–Crippen MR) is 92.3 cm³/mol. The van der Waals surface area contributed by atoms with Crippen molar-refractivity contribution in [3.8, 4) is 0 Å². The lowest BCUT2D eigenvalue weighted by Gasteiger charge is -2.50. The first-order valence-electron chi connectivity index (χ1n) is 9.51. The third-order valence-electron chi connectivity index (χ3n) is 6.43. The molecule has 0 aromatic heterocycles. The minimum absolute atomic E-state index is 0.370. The maximum absolute atomic E-state index is 6.31. The molecule has 132 valence electrons. The summed E-state index contributed by atoms with van der Waals surface area (Å²) in [7, 11) is 0. The van der Waals surface area contributed by atoms with Crippen LogP contribution in [0.5, 0.6) is 0 Å². The molecule has 4 fully saturated rings. The van der Waals surface area contributed by atoms with E-state index in [1.807, 2.05) is 0 Å². The van der Waals surface area contributed by atoms with Crippen LogP contribution < -0.4 is 21.5 Å². The van der Waals surface area contributed by atoms with Gasteiger partial charge < -0.3 is 10.1 Å². The lowest BCUT2D eigenvalue weighted by atomic mass is 9.70. The fourth-order valence-corrected chi connectivity index (χ4v) is 5.35. The molecule has 0 aromatic carbocycles. The summed E-state index contributed by atoms with van der Waals surface area (Å²) < 4.78 is 5.53. The van der Waals surface area contributed by atoms with Gasteiger partial charge in [0, 0.05) is 24.1 Å². The van der Waals surface area contributed by atoms with E-state index in [0.29, 0.717) is 35.5 Å². The maximum atomic E-state index is 6.31. The minimum Gasteiger partial charge on any atom is -0.380 e. The van der Waals surface area contributed by atoms with Crippen molar-refractivity contribution in [3.63, 3.8) is 0 Å². The molecule has 0 bridgehead atoms. The summed E-state index contributed by atoms with van der Waals surface area (Å²) >= 11 is 6.31. The highest BCUT2D eigenvalue weighted by atomic mass is 35.5. The van der Waals surface area contributed by atoms with Crippen molar-refractivity contribution in [3.05, 3.63) is 0 Å². The zero-order valence-electron chi connectivity index (χ0n) is 13.9. The van der Waals surface area contributed by atoms with E-state index in [-0.39, 0.29) is 0 Å². The molecule has 1 saturated carbocycles. The van der Waals surface area contributed by atoms with Gasteiger partial charge >= 0.3 is 0 Å². The smallest absolute Gasteiger partial charge is 0.0739 e. The molecule has 23 heavy (non-hydrogen) atoms. The molecule has 0 radical (unpaired) electrons. The second kappa shape index (κ2) is 7.54. The van der Waals surface area contributed by atoms with E-state index in [2.05, 4.69) is 21.5 Å². The van der Waals surface area contributed by atoms with Crippen LogP contribution in [0.15, 0.2) is 0 Å². The quantitative estimate of drug-likeness (QED) is 0.581. The molecule has 1 aliphatic carbocycles. The van der Waals surface area contributed by atoms with Gasteiger partial charge in [-0.25, -0.2) is 5.43 Å². The fraction of sp³-hybridized carbons (Fsp3) is 1.00. The third kappa shape index (κ3) is 3.70. The van der Waals surface area contributed by atoms with E-state index >= 15 is 0 Å². The molecule has 4 N–H and O–H groups in total. The number of piperidine rings is 1. The third-order valence-corrected chi connectivity index (χ3v) is 6.87. The van der Waals surface area contributed by atoms with Crippen LogP contribution in [0.4, 0.5) is 0 Å². The van der Waals surface area contributed by atoms with Crippen molar-refractivity contribution in [2.45, 2.75) is 62.2 Å². The summed E-state index contributed by atoms with van der Waals surface area (Å²) in [5, 5.41) is 7.83.